The van der Waals surface area contributed by atoms with Gasteiger partial charge in [0.2, 0.25) is 0 Å². The minimum atomic E-state index is 0.846. The number of anilines is 1. The second-order valence-corrected chi connectivity index (χ2v) is 5.73. The van der Waals surface area contributed by atoms with Crippen LogP contribution in [0.25, 0.3) is 0 Å². The number of aryl methyl sites for hydroxylation is 1. The Balaban J connectivity index is 1.92. The van der Waals surface area contributed by atoms with Crippen LogP contribution in [-0.2, 0) is 13.1 Å². The first kappa shape index (κ1) is 13.5. The molecule has 0 atom stereocenters. The van der Waals surface area contributed by atoms with E-state index in [-0.39, 0.29) is 0 Å². The standard InChI is InChI=1S/C17H19ClN2/c1-13-6-7-17-15(10-13)11-19-8-9-20(17)12-14-4-2-3-5-16(14)18/h2-7,10,19H,8-9,11-12H2,1H3. The van der Waals surface area contributed by atoms with Crippen LogP contribution in [0, 0.1) is 6.92 Å². The summed E-state index contributed by atoms with van der Waals surface area (Å²) < 4.78 is 0. The predicted molar refractivity (Wildman–Crippen MR) is 85.4 cm³/mol. The quantitative estimate of drug-likeness (QED) is 0.904. The Labute approximate surface area is 125 Å². The van der Waals surface area contributed by atoms with E-state index >= 15 is 0 Å². The van der Waals surface area contributed by atoms with Gasteiger partial charge in [-0.1, -0.05) is 47.5 Å². The Kier molecular flexibility index (Phi) is 3.95. The van der Waals surface area contributed by atoms with Gasteiger partial charge in [0.15, 0.2) is 0 Å². The SMILES string of the molecule is Cc1ccc2c(c1)CNCCN2Cc1ccccc1Cl. The molecule has 1 aliphatic heterocycles. The zero-order chi connectivity index (χ0) is 13.9. The van der Waals surface area contributed by atoms with Crippen LogP contribution in [0.5, 0.6) is 0 Å². The van der Waals surface area contributed by atoms with Crippen molar-refractivity contribution >= 4 is 17.3 Å². The maximum absolute atomic E-state index is 6.29. The van der Waals surface area contributed by atoms with Crippen LogP contribution in [0.15, 0.2) is 42.5 Å². The third-order valence-electron chi connectivity index (χ3n) is 3.77. The molecule has 0 radical (unpaired) electrons. The molecule has 0 aromatic heterocycles. The second-order valence-electron chi connectivity index (χ2n) is 5.32. The Morgan fingerprint density at radius 2 is 2.05 bits per heavy atom. The molecule has 1 aliphatic rings. The highest BCUT2D eigenvalue weighted by atomic mass is 35.5. The van der Waals surface area contributed by atoms with Gasteiger partial charge in [0.1, 0.15) is 0 Å². The molecule has 0 fully saturated rings. The summed E-state index contributed by atoms with van der Waals surface area (Å²) in [6.45, 7) is 5.94. The van der Waals surface area contributed by atoms with Gasteiger partial charge in [0.25, 0.3) is 0 Å². The van der Waals surface area contributed by atoms with E-state index in [1.54, 1.807) is 0 Å². The summed E-state index contributed by atoms with van der Waals surface area (Å²) >= 11 is 6.29. The van der Waals surface area contributed by atoms with E-state index in [2.05, 4.69) is 41.4 Å². The van der Waals surface area contributed by atoms with Crippen LogP contribution in [-0.4, -0.2) is 13.1 Å². The van der Waals surface area contributed by atoms with E-state index in [1.807, 2.05) is 18.2 Å². The summed E-state index contributed by atoms with van der Waals surface area (Å²) in [5.74, 6) is 0. The molecule has 2 aromatic rings. The highest BCUT2D eigenvalue weighted by Gasteiger charge is 2.16. The maximum Gasteiger partial charge on any atom is 0.0455 e. The topological polar surface area (TPSA) is 15.3 Å². The average Bonchev–Trinajstić information content (AvgIpc) is 2.63. The fourth-order valence-electron chi connectivity index (χ4n) is 2.72. The van der Waals surface area contributed by atoms with Gasteiger partial charge in [-0.15, -0.1) is 0 Å². The van der Waals surface area contributed by atoms with Crippen LogP contribution in [0.3, 0.4) is 0 Å². The van der Waals surface area contributed by atoms with Crippen LogP contribution < -0.4 is 10.2 Å². The minimum Gasteiger partial charge on any atom is -0.366 e. The number of rotatable bonds is 2. The van der Waals surface area contributed by atoms with Crippen LogP contribution in [0.4, 0.5) is 5.69 Å². The monoisotopic (exact) mass is 286 g/mol. The van der Waals surface area contributed by atoms with Gasteiger partial charge < -0.3 is 10.2 Å². The predicted octanol–water partition coefficient (Wildman–Crippen LogP) is 3.76. The van der Waals surface area contributed by atoms with Gasteiger partial charge in [-0.2, -0.15) is 0 Å². The van der Waals surface area contributed by atoms with Gasteiger partial charge >= 0.3 is 0 Å². The van der Waals surface area contributed by atoms with Crippen molar-refractivity contribution in [1.82, 2.24) is 5.32 Å². The largest absolute Gasteiger partial charge is 0.366 e. The van der Waals surface area contributed by atoms with Gasteiger partial charge in [-0.25, -0.2) is 0 Å². The number of nitrogens with one attached hydrogen (secondary N) is 1. The van der Waals surface area contributed by atoms with Crippen molar-refractivity contribution in [3.63, 3.8) is 0 Å². The Hall–Kier alpha value is -1.51. The molecule has 0 spiro atoms. The lowest BCUT2D eigenvalue weighted by Crippen LogP contribution is -2.28. The normalized spacial score (nSPS) is 14.8. The van der Waals surface area contributed by atoms with E-state index in [0.717, 1.165) is 31.2 Å². The molecular weight excluding hydrogens is 268 g/mol. The minimum absolute atomic E-state index is 0.846. The fourth-order valence-corrected chi connectivity index (χ4v) is 2.91. The second kappa shape index (κ2) is 5.86. The zero-order valence-electron chi connectivity index (χ0n) is 11.7. The van der Waals surface area contributed by atoms with Crippen molar-refractivity contribution in [3.8, 4) is 0 Å². The number of fused-ring (bicyclic) bond motifs is 1. The maximum atomic E-state index is 6.29. The number of hydrogen-bond donors (Lipinski definition) is 1. The lowest BCUT2D eigenvalue weighted by Gasteiger charge is -2.25. The highest BCUT2D eigenvalue weighted by Crippen LogP contribution is 2.27. The molecule has 104 valence electrons. The van der Waals surface area contributed by atoms with E-state index in [4.69, 9.17) is 11.6 Å². The molecule has 3 heteroatoms. The summed E-state index contributed by atoms with van der Waals surface area (Å²) in [5.41, 5.74) is 5.18. The molecule has 0 saturated heterocycles. The first-order valence-corrected chi connectivity index (χ1v) is 7.40. The van der Waals surface area contributed by atoms with Gasteiger partial charge in [0.05, 0.1) is 0 Å². The molecule has 0 saturated carbocycles. The summed E-state index contributed by atoms with van der Waals surface area (Å²) in [5, 5.41) is 4.33. The van der Waals surface area contributed by atoms with Crippen molar-refractivity contribution in [2.75, 3.05) is 18.0 Å². The Morgan fingerprint density at radius 3 is 2.90 bits per heavy atom. The summed E-state index contributed by atoms with van der Waals surface area (Å²) in [4.78, 5) is 2.41. The van der Waals surface area contributed by atoms with Crippen molar-refractivity contribution < 1.29 is 0 Å². The van der Waals surface area contributed by atoms with E-state index in [0.29, 0.717) is 0 Å². The van der Waals surface area contributed by atoms with Gasteiger partial charge in [-0.05, 0) is 30.2 Å². The van der Waals surface area contributed by atoms with Crippen LogP contribution >= 0.6 is 11.6 Å². The first-order valence-electron chi connectivity index (χ1n) is 7.02. The molecule has 1 N–H and O–H groups in total. The van der Waals surface area contributed by atoms with E-state index < -0.39 is 0 Å². The summed E-state index contributed by atoms with van der Waals surface area (Å²) in [6.07, 6.45) is 0. The lowest BCUT2D eigenvalue weighted by molar-refractivity contribution is 0.688. The number of hydrogen-bond acceptors (Lipinski definition) is 2. The Morgan fingerprint density at radius 1 is 1.20 bits per heavy atom. The molecule has 0 aliphatic carbocycles. The Bertz CT molecular complexity index is 610. The average molecular weight is 287 g/mol. The van der Waals surface area contributed by atoms with E-state index in [1.165, 1.54) is 22.4 Å². The van der Waals surface area contributed by atoms with Crippen molar-refractivity contribution in [1.29, 1.82) is 0 Å². The molecule has 3 rings (SSSR count). The fraction of sp³-hybridized carbons (Fsp3) is 0.294. The third kappa shape index (κ3) is 2.82. The molecule has 20 heavy (non-hydrogen) atoms. The number of nitrogens with zero attached hydrogens (tertiary/aromatic N) is 1. The van der Waals surface area contributed by atoms with Crippen molar-refractivity contribution in [2.45, 2.75) is 20.0 Å². The van der Waals surface area contributed by atoms with Crippen LogP contribution in [0.1, 0.15) is 16.7 Å². The van der Waals surface area contributed by atoms with E-state index in [9.17, 15) is 0 Å². The number of benzene rings is 2. The third-order valence-corrected chi connectivity index (χ3v) is 4.14. The summed E-state index contributed by atoms with van der Waals surface area (Å²) in [7, 11) is 0. The smallest absolute Gasteiger partial charge is 0.0455 e. The highest BCUT2D eigenvalue weighted by molar-refractivity contribution is 6.31. The summed E-state index contributed by atoms with van der Waals surface area (Å²) in [6, 6.07) is 14.8. The first-order chi connectivity index (χ1) is 9.74. The molecule has 2 aromatic carbocycles. The molecule has 0 unspecified atom stereocenters. The van der Waals surface area contributed by atoms with Crippen molar-refractivity contribution in [3.05, 3.63) is 64.2 Å². The molecule has 1 heterocycles. The van der Waals surface area contributed by atoms with Crippen LogP contribution in [0.2, 0.25) is 5.02 Å². The number of halogens is 1. The van der Waals surface area contributed by atoms with Crippen molar-refractivity contribution in [2.24, 2.45) is 0 Å². The van der Waals surface area contributed by atoms with Gasteiger partial charge in [-0.3, -0.25) is 0 Å². The zero-order valence-corrected chi connectivity index (χ0v) is 12.5. The molecule has 0 amide bonds. The lowest BCUT2D eigenvalue weighted by atomic mass is 10.1. The molecular formula is C17H19ClN2. The molecule has 2 nitrogen and oxygen atoms in total. The molecule has 0 bridgehead atoms. The van der Waals surface area contributed by atoms with Gasteiger partial charge in [0, 0.05) is 36.9 Å².